The van der Waals surface area contributed by atoms with Crippen molar-refractivity contribution in [3.05, 3.63) is 48.0 Å². The number of hydrogen-bond acceptors (Lipinski definition) is 3. The number of benzene rings is 1. The third-order valence-electron chi connectivity index (χ3n) is 4.25. The number of ether oxygens (including phenoxy) is 2. The van der Waals surface area contributed by atoms with Crippen LogP contribution in [0.4, 0.5) is 0 Å². The quantitative estimate of drug-likeness (QED) is 0.407. The van der Waals surface area contributed by atoms with Crippen LogP contribution in [0.2, 0.25) is 0 Å². The largest absolute Gasteiger partial charge is 0.434 e. The summed E-state index contributed by atoms with van der Waals surface area (Å²) in [5.74, 6) is -0.282. The summed E-state index contributed by atoms with van der Waals surface area (Å²) in [5.41, 5.74) is 0.566. The van der Waals surface area contributed by atoms with E-state index in [9.17, 15) is 4.79 Å². The van der Waals surface area contributed by atoms with Crippen molar-refractivity contribution >= 4 is 5.97 Å². The summed E-state index contributed by atoms with van der Waals surface area (Å²) in [6.45, 7) is 7.79. The molecule has 132 valence electrons. The van der Waals surface area contributed by atoms with E-state index in [0.717, 1.165) is 18.4 Å². The maximum absolute atomic E-state index is 12.4. The van der Waals surface area contributed by atoms with E-state index in [2.05, 4.69) is 19.1 Å². The molecule has 1 aromatic carbocycles. The average molecular weight is 330 g/mol. The minimum atomic E-state index is -0.559. The summed E-state index contributed by atoms with van der Waals surface area (Å²) in [4.78, 5) is 12.4. The SMILES string of the molecule is CCCCC[C@@H]1C=C[C@H](c2ccccc2)[C@@H](OC(=O)C(C)(C)C)O1. The van der Waals surface area contributed by atoms with Crippen molar-refractivity contribution in [3.8, 4) is 0 Å². The van der Waals surface area contributed by atoms with Gasteiger partial charge in [-0.25, -0.2) is 0 Å². The Morgan fingerprint density at radius 1 is 1.12 bits per heavy atom. The van der Waals surface area contributed by atoms with Crippen LogP contribution in [-0.2, 0) is 14.3 Å². The maximum atomic E-state index is 12.4. The van der Waals surface area contributed by atoms with Crippen LogP contribution in [0.3, 0.4) is 0 Å². The van der Waals surface area contributed by atoms with E-state index < -0.39 is 11.7 Å². The second-order valence-electron chi connectivity index (χ2n) is 7.52. The Kier molecular flexibility index (Phi) is 6.61. The predicted octanol–water partition coefficient (Wildman–Crippen LogP) is 5.22. The lowest BCUT2D eigenvalue weighted by atomic mass is 9.93. The molecule has 0 aromatic heterocycles. The Hall–Kier alpha value is -1.61. The molecular weight excluding hydrogens is 300 g/mol. The highest BCUT2D eigenvalue weighted by molar-refractivity contribution is 5.75. The highest BCUT2D eigenvalue weighted by atomic mass is 16.7. The summed E-state index contributed by atoms with van der Waals surface area (Å²) in [7, 11) is 0. The van der Waals surface area contributed by atoms with Gasteiger partial charge in [-0.1, -0.05) is 68.7 Å². The lowest BCUT2D eigenvalue weighted by Crippen LogP contribution is -2.37. The van der Waals surface area contributed by atoms with E-state index in [1.54, 1.807) is 0 Å². The van der Waals surface area contributed by atoms with Crippen molar-refractivity contribution in [2.24, 2.45) is 5.41 Å². The van der Waals surface area contributed by atoms with Crippen LogP contribution in [0.1, 0.15) is 64.9 Å². The Balaban J connectivity index is 2.13. The summed E-state index contributed by atoms with van der Waals surface area (Å²) in [6, 6.07) is 10.1. The van der Waals surface area contributed by atoms with Crippen molar-refractivity contribution in [3.63, 3.8) is 0 Å². The molecule has 0 fully saturated rings. The monoisotopic (exact) mass is 330 g/mol. The minimum absolute atomic E-state index is 0.0225. The molecule has 0 bridgehead atoms. The van der Waals surface area contributed by atoms with Gasteiger partial charge >= 0.3 is 5.97 Å². The minimum Gasteiger partial charge on any atom is -0.434 e. The molecule has 0 saturated heterocycles. The number of carbonyl (C=O) groups is 1. The molecule has 3 nitrogen and oxygen atoms in total. The number of hydrogen-bond donors (Lipinski definition) is 0. The van der Waals surface area contributed by atoms with Gasteiger partial charge in [-0.2, -0.15) is 0 Å². The van der Waals surface area contributed by atoms with Crippen LogP contribution in [0.25, 0.3) is 0 Å². The maximum Gasteiger partial charge on any atom is 0.313 e. The van der Waals surface area contributed by atoms with Gasteiger partial charge in [-0.15, -0.1) is 0 Å². The highest BCUT2D eigenvalue weighted by Crippen LogP contribution is 2.32. The van der Waals surface area contributed by atoms with Gasteiger partial charge in [-0.3, -0.25) is 4.79 Å². The molecule has 0 spiro atoms. The first kappa shape index (κ1) is 18.7. The third-order valence-corrected chi connectivity index (χ3v) is 4.25. The van der Waals surface area contributed by atoms with Gasteiger partial charge in [0.25, 0.3) is 0 Å². The molecule has 0 radical (unpaired) electrons. The number of carbonyl (C=O) groups excluding carboxylic acids is 1. The predicted molar refractivity (Wildman–Crippen MR) is 96.7 cm³/mol. The fourth-order valence-corrected chi connectivity index (χ4v) is 2.72. The van der Waals surface area contributed by atoms with Crippen LogP contribution in [-0.4, -0.2) is 18.4 Å². The van der Waals surface area contributed by atoms with Crippen LogP contribution < -0.4 is 0 Å². The van der Waals surface area contributed by atoms with E-state index >= 15 is 0 Å². The molecule has 1 aromatic rings. The number of unbranched alkanes of at least 4 members (excludes halogenated alkanes) is 2. The summed E-state index contributed by atoms with van der Waals surface area (Å²) in [6.07, 6.45) is 8.19. The summed E-state index contributed by atoms with van der Waals surface area (Å²) in [5, 5.41) is 0. The fraction of sp³-hybridized carbons (Fsp3) is 0.571. The molecule has 0 aliphatic carbocycles. The Bertz CT molecular complexity index is 542. The molecule has 24 heavy (non-hydrogen) atoms. The Morgan fingerprint density at radius 3 is 2.46 bits per heavy atom. The smallest absolute Gasteiger partial charge is 0.313 e. The van der Waals surface area contributed by atoms with Crippen LogP contribution >= 0.6 is 0 Å². The molecule has 0 amide bonds. The second kappa shape index (κ2) is 8.48. The molecule has 2 rings (SSSR count). The molecule has 3 atom stereocenters. The first-order chi connectivity index (χ1) is 11.4. The number of rotatable bonds is 6. The fourth-order valence-electron chi connectivity index (χ4n) is 2.72. The standard InChI is InChI=1S/C21H30O3/c1-5-6-8-13-17-14-15-18(16-11-9-7-10-12-16)19(23-17)24-20(22)21(2,3)4/h7,9-12,14-15,17-19H,5-6,8,13H2,1-4H3/t17-,18-,19-/m1/s1. The van der Waals surface area contributed by atoms with E-state index in [0.29, 0.717) is 0 Å². The van der Waals surface area contributed by atoms with E-state index in [4.69, 9.17) is 9.47 Å². The zero-order chi connectivity index (χ0) is 17.6. The van der Waals surface area contributed by atoms with E-state index in [1.807, 2.05) is 51.1 Å². The summed E-state index contributed by atoms with van der Waals surface area (Å²) < 4.78 is 11.9. The molecule has 0 N–H and O–H groups in total. The first-order valence-corrected chi connectivity index (χ1v) is 9.01. The van der Waals surface area contributed by atoms with Crippen molar-refractivity contribution in [2.75, 3.05) is 0 Å². The lowest BCUT2D eigenvalue weighted by Gasteiger charge is -2.33. The zero-order valence-electron chi connectivity index (χ0n) is 15.3. The van der Waals surface area contributed by atoms with Gasteiger partial charge in [0.15, 0.2) is 0 Å². The normalized spacial score (nSPS) is 23.9. The van der Waals surface area contributed by atoms with Gasteiger partial charge in [0.05, 0.1) is 17.4 Å². The molecule has 3 heteroatoms. The van der Waals surface area contributed by atoms with Crippen molar-refractivity contribution in [1.29, 1.82) is 0 Å². The summed E-state index contributed by atoms with van der Waals surface area (Å²) >= 11 is 0. The van der Waals surface area contributed by atoms with Gasteiger partial charge < -0.3 is 9.47 Å². The van der Waals surface area contributed by atoms with Gasteiger partial charge in [0.1, 0.15) is 0 Å². The second-order valence-corrected chi connectivity index (χ2v) is 7.52. The van der Waals surface area contributed by atoms with Crippen LogP contribution in [0.15, 0.2) is 42.5 Å². The van der Waals surface area contributed by atoms with Crippen LogP contribution in [0, 0.1) is 5.41 Å². The molecule has 0 unspecified atom stereocenters. The first-order valence-electron chi connectivity index (χ1n) is 9.01. The Labute approximate surface area is 146 Å². The van der Waals surface area contributed by atoms with E-state index in [-0.39, 0.29) is 18.0 Å². The molecule has 0 saturated carbocycles. The van der Waals surface area contributed by atoms with Gasteiger partial charge in [0.2, 0.25) is 6.29 Å². The van der Waals surface area contributed by atoms with Crippen LogP contribution in [0.5, 0.6) is 0 Å². The highest BCUT2D eigenvalue weighted by Gasteiger charge is 2.34. The van der Waals surface area contributed by atoms with Crippen molar-refractivity contribution in [2.45, 2.75) is 71.7 Å². The number of esters is 1. The molecule has 1 aliphatic rings. The third kappa shape index (κ3) is 5.20. The topological polar surface area (TPSA) is 35.5 Å². The van der Waals surface area contributed by atoms with Crippen molar-refractivity contribution in [1.82, 2.24) is 0 Å². The van der Waals surface area contributed by atoms with Gasteiger partial charge in [0, 0.05) is 0 Å². The zero-order valence-corrected chi connectivity index (χ0v) is 15.3. The van der Waals surface area contributed by atoms with E-state index in [1.165, 1.54) is 12.8 Å². The van der Waals surface area contributed by atoms with Gasteiger partial charge in [-0.05, 0) is 32.8 Å². The Morgan fingerprint density at radius 2 is 1.83 bits per heavy atom. The average Bonchev–Trinajstić information content (AvgIpc) is 2.55. The lowest BCUT2D eigenvalue weighted by molar-refractivity contribution is -0.199. The molecular formula is C21H30O3. The van der Waals surface area contributed by atoms with Crippen molar-refractivity contribution < 1.29 is 14.3 Å². The molecule has 1 heterocycles. The molecule has 1 aliphatic heterocycles.